The van der Waals surface area contributed by atoms with E-state index in [-0.39, 0.29) is 11.8 Å². The van der Waals surface area contributed by atoms with Crippen molar-refractivity contribution in [2.75, 3.05) is 25.4 Å². The minimum atomic E-state index is -0.544. The summed E-state index contributed by atoms with van der Waals surface area (Å²) in [5.74, 6) is 0.0751. The molecule has 1 fully saturated rings. The van der Waals surface area contributed by atoms with Crippen LogP contribution in [0.25, 0.3) is 0 Å². The number of hydrogen-bond donors (Lipinski definition) is 3. The maximum Gasteiger partial charge on any atom is 0.312 e. The van der Waals surface area contributed by atoms with Gasteiger partial charge >= 0.3 is 6.03 Å². The Kier molecular flexibility index (Phi) is 4.90. The van der Waals surface area contributed by atoms with Gasteiger partial charge in [-0.2, -0.15) is 0 Å². The van der Waals surface area contributed by atoms with Crippen molar-refractivity contribution in [2.24, 2.45) is 11.7 Å². The lowest BCUT2D eigenvalue weighted by Gasteiger charge is -2.33. The molecule has 2 rings (SSSR count). The highest BCUT2D eigenvalue weighted by Crippen LogP contribution is 2.26. The average molecular weight is 311 g/mol. The molecule has 0 saturated carbocycles. The van der Waals surface area contributed by atoms with E-state index in [1.165, 1.54) is 0 Å². The van der Waals surface area contributed by atoms with E-state index >= 15 is 0 Å². The fourth-order valence-corrected chi connectivity index (χ4v) is 2.75. The third kappa shape index (κ3) is 3.78. The second kappa shape index (κ2) is 6.67. The summed E-state index contributed by atoms with van der Waals surface area (Å²) in [5, 5.41) is 2.88. The Labute approximate surface area is 128 Å². The molecule has 1 aliphatic heterocycles. The molecule has 3 amide bonds. The average Bonchev–Trinajstić information content (AvgIpc) is 2.47. The highest BCUT2D eigenvalue weighted by atomic mass is 35.5. The fourth-order valence-electron chi connectivity index (χ4n) is 2.55. The first-order valence-electron chi connectivity index (χ1n) is 6.85. The van der Waals surface area contributed by atoms with Crippen LogP contribution in [0.2, 0.25) is 5.02 Å². The van der Waals surface area contributed by atoms with Crippen molar-refractivity contribution in [1.29, 1.82) is 0 Å². The Bertz CT molecular complexity index is 550. The summed E-state index contributed by atoms with van der Waals surface area (Å²) < 4.78 is 0. The van der Waals surface area contributed by atoms with Gasteiger partial charge in [0, 0.05) is 19.6 Å². The number of hydrogen-bond acceptors (Lipinski definition) is 3. The van der Waals surface area contributed by atoms with Crippen LogP contribution in [0.4, 0.5) is 10.5 Å². The number of primary amides is 1. The molecule has 1 aromatic carbocycles. The Morgan fingerprint density at radius 2 is 2.19 bits per heavy atom. The highest BCUT2D eigenvalue weighted by Gasteiger charge is 2.26. The van der Waals surface area contributed by atoms with Gasteiger partial charge < -0.3 is 21.7 Å². The zero-order chi connectivity index (χ0) is 15.4. The maximum atomic E-state index is 12.5. The third-order valence-electron chi connectivity index (χ3n) is 3.63. The predicted octanol–water partition coefficient (Wildman–Crippen LogP) is 1.44. The first kappa shape index (κ1) is 15.4. The van der Waals surface area contributed by atoms with Gasteiger partial charge in [-0.15, -0.1) is 0 Å². The van der Waals surface area contributed by atoms with Crippen molar-refractivity contribution in [1.82, 2.24) is 10.2 Å². The standard InChI is InChI=1S/C14H19ClN4O2/c15-12-10(4-1-5-11(12)16)13(20)19-6-2-3-9(8-19)7-18-14(17)21/h1,4-5,9H,2-3,6-8,16H2,(H3,17,18,21). The van der Waals surface area contributed by atoms with Gasteiger partial charge in [-0.05, 0) is 30.9 Å². The molecule has 1 aliphatic rings. The summed E-state index contributed by atoms with van der Waals surface area (Å²) in [7, 11) is 0. The van der Waals surface area contributed by atoms with Gasteiger partial charge in [-0.1, -0.05) is 17.7 Å². The Balaban J connectivity index is 2.05. The van der Waals surface area contributed by atoms with Crippen LogP contribution < -0.4 is 16.8 Å². The molecule has 1 heterocycles. The van der Waals surface area contributed by atoms with Gasteiger partial charge in [-0.3, -0.25) is 4.79 Å². The van der Waals surface area contributed by atoms with Gasteiger partial charge in [0.2, 0.25) is 0 Å². The SMILES string of the molecule is NC(=O)NCC1CCCN(C(=O)c2cccc(N)c2Cl)C1. The molecule has 7 heteroatoms. The summed E-state index contributed by atoms with van der Waals surface area (Å²) >= 11 is 6.10. The largest absolute Gasteiger partial charge is 0.398 e. The number of urea groups is 1. The lowest BCUT2D eigenvalue weighted by Crippen LogP contribution is -2.44. The van der Waals surface area contributed by atoms with Gasteiger partial charge in [0.15, 0.2) is 0 Å². The number of piperidine rings is 1. The van der Waals surface area contributed by atoms with Gasteiger partial charge in [0.25, 0.3) is 5.91 Å². The molecule has 6 nitrogen and oxygen atoms in total. The summed E-state index contributed by atoms with van der Waals surface area (Å²) in [6.45, 7) is 1.73. The molecule has 1 unspecified atom stereocenters. The minimum Gasteiger partial charge on any atom is -0.398 e. The minimum absolute atomic E-state index is 0.129. The Morgan fingerprint density at radius 1 is 1.43 bits per heavy atom. The topological polar surface area (TPSA) is 101 Å². The molecule has 1 atom stereocenters. The Morgan fingerprint density at radius 3 is 2.90 bits per heavy atom. The summed E-state index contributed by atoms with van der Waals surface area (Å²) in [5.41, 5.74) is 11.6. The van der Waals surface area contributed by atoms with E-state index in [0.29, 0.717) is 35.9 Å². The van der Waals surface area contributed by atoms with Crippen LogP contribution in [-0.4, -0.2) is 36.5 Å². The number of anilines is 1. The van der Waals surface area contributed by atoms with E-state index < -0.39 is 6.03 Å². The van der Waals surface area contributed by atoms with E-state index in [1.807, 2.05) is 0 Å². The second-order valence-electron chi connectivity index (χ2n) is 5.21. The summed E-state index contributed by atoms with van der Waals surface area (Å²) in [4.78, 5) is 25.0. The van der Waals surface area contributed by atoms with Crippen molar-refractivity contribution in [3.63, 3.8) is 0 Å². The molecule has 21 heavy (non-hydrogen) atoms. The maximum absolute atomic E-state index is 12.5. The predicted molar refractivity (Wildman–Crippen MR) is 82.1 cm³/mol. The number of rotatable bonds is 3. The zero-order valence-corrected chi connectivity index (χ0v) is 12.4. The van der Waals surface area contributed by atoms with Gasteiger partial charge in [-0.25, -0.2) is 4.79 Å². The van der Waals surface area contributed by atoms with Crippen LogP contribution in [0.5, 0.6) is 0 Å². The van der Waals surface area contributed by atoms with Crippen LogP contribution in [0.3, 0.4) is 0 Å². The lowest BCUT2D eigenvalue weighted by molar-refractivity contribution is 0.0675. The smallest absolute Gasteiger partial charge is 0.312 e. The summed E-state index contributed by atoms with van der Waals surface area (Å²) in [6.07, 6.45) is 1.84. The molecule has 1 aromatic rings. The molecule has 5 N–H and O–H groups in total. The highest BCUT2D eigenvalue weighted by molar-refractivity contribution is 6.36. The number of nitrogens with one attached hydrogen (secondary N) is 1. The van der Waals surface area contributed by atoms with Crippen molar-refractivity contribution < 1.29 is 9.59 Å². The molecule has 0 aliphatic carbocycles. The molecular weight excluding hydrogens is 292 g/mol. The molecule has 0 spiro atoms. The van der Waals surface area contributed by atoms with Crippen molar-refractivity contribution in [3.8, 4) is 0 Å². The number of likely N-dealkylation sites (tertiary alicyclic amines) is 1. The molecular formula is C14H19ClN4O2. The lowest BCUT2D eigenvalue weighted by atomic mass is 9.97. The monoisotopic (exact) mass is 310 g/mol. The van der Waals surface area contributed by atoms with Crippen LogP contribution in [-0.2, 0) is 0 Å². The van der Waals surface area contributed by atoms with Crippen molar-refractivity contribution >= 4 is 29.2 Å². The zero-order valence-electron chi connectivity index (χ0n) is 11.6. The van der Waals surface area contributed by atoms with Gasteiger partial charge in [0.05, 0.1) is 16.3 Å². The quantitative estimate of drug-likeness (QED) is 0.736. The number of nitrogen functional groups attached to an aromatic ring is 1. The number of halogens is 1. The van der Waals surface area contributed by atoms with E-state index in [0.717, 1.165) is 12.8 Å². The molecule has 1 saturated heterocycles. The number of carbonyl (C=O) groups is 2. The fraction of sp³-hybridized carbons (Fsp3) is 0.429. The van der Waals surface area contributed by atoms with Crippen LogP contribution in [0.15, 0.2) is 18.2 Å². The molecule has 0 aromatic heterocycles. The first-order chi connectivity index (χ1) is 9.99. The summed E-state index contributed by atoms with van der Waals surface area (Å²) in [6, 6.07) is 4.50. The van der Waals surface area contributed by atoms with Gasteiger partial charge in [0.1, 0.15) is 0 Å². The number of nitrogens with two attached hydrogens (primary N) is 2. The molecule has 114 valence electrons. The molecule has 0 bridgehead atoms. The molecule has 0 radical (unpaired) electrons. The van der Waals surface area contributed by atoms with E-state index in [2.05, 4.69) is 5.32 Å². The normalized spacial score (nSPS) is 18.3. The van der Waals surface area contributed by atoms with E-state index in [9.17, 15) is 9.59 Å². The van der Waals surface area contributed by atoms with Crippen LogP contribution >= 0.6 is 11.6 Å². The number of amides is 3. The van der Waals surface area contributed by atoms with Crippen molar-refractivity contribution in [3.05, 3.63) is 28.8 Å². The van der Waals surface area contributed by atoms with Crippen LogP contribution in [0.1, 0.15) is 23.2 Å². The number of benzene rings is 1. The van der Waals surface area contributed by atoms with Crippen LogP contribution in [0, 0.1) is 5.92 Å². The first-order valence-corrected chi connectivity index (χ1v) is 7.23. The van der Waals surface area contributed by atoms with E-state index in [4.69, 9.17) is 23.1 Å². The Hall–Kier alpha value is -1.95. The number of nitrogens with zero attached hydrogens (tertiary/aromatic N) is 1. The van der Waals surface area contributed by atoms with Crippen molar-refractivity contribution in [2.45, 2.75) is 12.8 Å². The second-order valence-corrected chi connectivity index (χ2v) is 5.59. The van der Waals surface area contributed by atoms with E-state index in [1.54, 1.807) is 23.1 Å². The number of carbonyl (C=O) groups excluding carboxylic acids is 2. The third-order valence-corrected chi connectivity index (χ3v) is 4.05.